The highest BCUT2D eigenvalue weighted by Gasteiger charge is 2.32. The molecule has 9 nitrogen and oxygen atoms in total. The number of benzene rings is 1. The minimum absolute atomic E-state index is 0.0764. The Morgan fingerprint density at radius 1 is 1.17 bits per heavy atom. The highest BCUT2D eigenvalue weighted by Crippen LogP contribution is 2.35. The van der Waals surface area contributed by atoms with E-state index >= 15 is 0 Å². The normalized spacial score (nSPS) is 16.0. The second kappa shape index (κ2) is 8.66. The highest BCUT2D eigenvalue weighted by molar-refractivity contribution is 7.86. The van der Waals surface area contributed by atoms with Crippen LogP contribution in [0.5, 0.6) is 0 Å². The average Bonchev–Trinajstić information content (AvgIpc) is 2.73. The highest BCUT2D eigenvalue weighted by atomic mass is 32.2. The third-order valence-electron chi connectivity index (χ3n) is 5.29. The number of nitrogens with two attached hydrogens (primary N) is 1. The van der Waals surface area contributed by atoms with Gasteiger partial charge in [0.15, 0.2) is 0 Å². The van der Waals surface area contributed by atoms with E-state index in [1.807, 2.05) is 25.1 Å². The van der Waals surface area contributed by atoms with Gasteiger partial charge in [0.05, 0.1) is 5.69 Å². The quantitative estimate of drug-likeness (QED) is 0.736. The van der Waals surface area contributed by atoms with Crippen LogP contribution >= 0.6 is 0 Å². The SMILES string of the molecule is CN(C)c1ncc(-c2cccc(C(N)=O)c2)c(C2CCN(S(=O)(=O)N(C)C)CC2)n1. The zero-order chi connectivity index (χ0) is 22.1. The van der Waals surface area contributed by atoms with E-state index in [4.69, 9.17) is 10.7 Å². The molecule has 1 aliphatic heterocycles. The van der Waals surface area contributed by atoms with Crippen LogP contribution < -0.4 is 10.6 Å². The Kier molecular flexibility index (Phi) is 6.39. The molecule has 0 atom stereocenters. The minimum Gasteiger partial charge on any atom is -0.366 e. The number of nitrogens with zero attached hydrogens (tertiary/aromatic N) is 5. The smallest absolute Gasteiger partial charge is 0.281 e. The summed E-state index contributed by atoms with van der Waals surface area (Å²) in [4.78, 5) is 22.7. The Morgan fingerprint density at radius 2 is 1.83 bits per heavy atom. The molecule has 2 aromatic rings. The molecule has 0 saturated carbocycles. The summed E-state index contributed by atoms with van der Waals surface area (Å²) in [5, 5.41) is 0. The molecule has 0 aliphatic carbocycles. The topological polar surface area (TPSA) is 113 Å². The molecule has 2 N–H and O–H groups in total. The van der Waals surface area contributed by atoms with Crippen molar-refractivity contribution in [2.75, 3.05) is 46.2 Å². The van der Waals surface area contributed by atoms with Crippen molar-refractivity contribution in [3.63, 3.8) is 0 Å². The van der Waals surface area contributed by atoms with Crippen molar-refractivity contribution in [1.29, 1.82) is 0 Å². The second-order valence-electron chi connectivity index (χ2n) is 7.77. The van der Waals surface area contributed by atoms with Gasteiger partial charge >= 0.3 is 0 Å². The van der Waals surface area contributed by atoms with E-state index in [1.165, 1.54) is 8.61 Å². The van der Waals surface area contributed by atoms with Crippen LogP contribution in [-0.4, -0.2) is 74.2 Å². The number of amides is 1. The van der Waals surface area contributed by atoms with Gasteiger partial charge in [-0.3, -0.25) is 4.79 Å². The standard InChI is InChI=1S/C20H28N6O3S/c1-24(2)20-22-13-17(15-6-5-7-16(12-15)19(21)27)18(23-20)14-8-10-26(11-9-14)30(28,29)25(3)4/h5-7,12-14H,8-11H2,1-4H3,(H2,21,27). The van der Waals surface area contributed by atoms with Crippen LogP contribution in [0.4, 0.5) is 5.95 Å². The van der Waals surface area contributed by atoms with Crippen molar-refractivity contribution in [1.82, 2.24) is 18.6 Å². The number of hydrogen-bond donors (Lipinski definition) is 1. The summed E-state index contributed by atoms with van der Waals surface area (Å²) in [6.45, 7) is 0.848. The van der Waals surface area contributed by atoms with E-state index in [0.717, 1.165) is 16.8 Å². The molecule has 1 aromatic heterocycles. The van der Waals surface area contributed by atoms with Crippen LogP contribution in [0.15, 0.2) is 30.5 Å². The Bertz CT molecular complexity index is 1030. The van der Waals surface area contributed by atoms with Gasteiger partial charge in [0.2, 0.25) is 11.9 Å². The van der Waals surface area contributed by atoms with Crippen molar-refractivity contribution in [3.8, 4) is 11.1 Å². The van der Waals surface area contributed by atoms with Crippen LogP contribution in [0.2, 0.25) is 0 Å². The molecular weight excluding hydrogens is 404 g/mol. The Morgan fingerprint density at radius 3 is 2.40 bits per heavy atom. The molecule has 0 unspecified atom stereocenters. The molecule has 1 aliphatic rings. The van der Waals surface area contributed by atoms with Gasteiger partial charge in [-0.1, -0.05) is 12.1 Å². The third-order valence-corrected chi connectivity index (χ3v) is 7.23. The molecule has 0 bridgehead atoms. The first-order chi connectivity index (χ1) is 14.1. The number of hydrogen-bond acceptors (Lipinski definition) is 6. The first kappa shape index (κ1) is 22.1. The molecule has 1 fully saturated rings. The number of carbonyl (C=O) groups is 1. The largest absolute Gasteiger partial charge is 0.366 e. The van der Waals surface area contributed by atoms with Crippen molar-refractivity contribution in [2.24, 2.45) is 5.73 Å². The molecule has 30 heavy (non-hydrogen) atoms. The average molecular weight is 433 g/mol. The molecule has 1 amide bonds. The molecule has 2 heterocycles. The molecule has 1 saturated heterocycles. The summed E-state index contributed by atoms with van der Waals surface area (Å²) in [5.74, 6) is 0.169. The van der Waals surface area contributed by atoms with Gasteiger partial charge in [-0.05, 0) is 30.5 Å². The maximum absolute atomic E-state index is 12.4. The lowest BCUT2D eigenvalue weighted by Gasteiger charge is -2.33. The van der Waals surface area contributed by atoms with Gasteiger partial charge in [-0.15, -0.1) is 0 Å². The number of primary amides is 1. The summed E-state index contributed by atoms with van der Waals surface area (Å²) in [6, 6.07) is 7.09. The predicted molar refractivity (Wildman–Crippen MR) is 116 cm³/mol. The fourth-order valence-corrected chi connectivity index (χ4v) is 4.70. The van der Waals surface area contributed by atoms with Crippen LogP contribution in [-0.2, 0) is 10.2 Å². The second-order valence-corrected chi connectivity index (χ2v) is 9.91. The van der Waals surface area contributed by atoms with Gasteiger partial charge in [0.25, 0.3) is 10.2 Å². The van der Waals surface area contributed by atoms with E-state index in [1.54, 1.807) is 38.5 Å². The van der Waals surface area contributed by atoms with Gasteiger partial charge in [-0.2, -0.15) is 17.0 Å². The van der Waals surface area contributed by atoms with Crippen molar-refractivity contribution in [3.05, 3.63) is 41.7 Å². The molecule has 0 radical (unpaired) electrons. The number of anilines is 1. The maximum atomic E-state index is 12.4. The van der Waals surface area contributed by atoms with Gasteiger partial charge in [0, 0.05) is 64.5 Å². The third kappa shape index (κ3) is 4.45. The van der Waals surface area contributed by atoms with E-state index in [-0.39, 0.29) is 5.92 Å². The van der Waals surface area contributed by atoms with Crippen LogP contribution in [0.3, 0.4) is 0 Å². The van der Waals surface area contributed by atoms with Crippen molar-refractivity contribution >= 4 is 22.1 Å². The number of aromatic nitrogens is 2. The molecule has 3 rings (SSSR count). The summed E-state index contributed by atoms with van der Waals surface area (Å²) in [5.41, 5.74) is 8.37. The summed E-state index contributed by atoms with van der Waals surface area (Å²) in [7, 11) is 3.40. The summed E-state index contributed by atoms with van der Waals surface area (Å²) < 4.78 is 27.6. The lowest BCUT2D eigenvalue weighted by molar-refractivity contribution is 0.100. The predicted octanol–water partition coefficient (Wildman–Crippen LogP) is 1.29. The monoisotopic (exact) mass is 432 g/mol. The number of carbonyl (C=O) groups excluding carboxylic acids is 1. The Hall–Kier alpha value is -2.56. The molecule has 10 heteroatoms. The van der Waals surface area contributed by atoms with E-state index < -0.39 is 16.1 Å². The zero-order valence-electron chi connectivity index (χ0n) is 17.7. The fourth-order valence-electron chi connectivity index (χ4n) is 3.57. The lowest BCUT2D eigenvalue weighted by atomic mass is 9.89. The Labute approximate surface area is 177 Å². The van der Waals surface area contributed by atoms with E-state index in [0.29, 0.717) is 37.4 Å². The Balaban J connectivity index is 1.97. The molecule has 1 aromatic carbocycles. The van der Waals surface area contributed by atoms with E-state index in [9.17, 15) is 13.2 Å². The lowest BCUT2D eigenvalue weighted by Crippen LogP contribution is -2.44. The van der Waals surface area contributed by atoms with Crippen LogP contribution in [0.25, 0.3) is 11.1 Å². The molecule has 0 spiro atoms. The number of piperidine rings is 1. The molecular formula is C20H28N6O3S. The molecule has 162 valence electrons. The first-order valence-corrected chi connectivity index (χ1v) is 11.1. The van der Waals surface area contributed by atoms with Crippen molar-refractivity contribution < 1.29 is 13.2 Å². The first-order valence-electron chi connectivity index (χ1n) is 9.73. The van der Waals surface area contributed by atoms with Crippen molar-refractivity contribution in [2.45, 2.75) is 18.8 Å². The maximum Gasteiger partial charge on any atom is 0.281 e. The minimum atomic E-state index is -3.43. The van der Waals surface area contributed by atoms with E-state index in [2.05, 4.69) is 4.98 Å². The van der Waals surface area contributed by atoms with Crippen LogP contribution in [0, 0.1) is 0 Å². The zero-order valence-corrected chi connectivity index (χ0v) is 18.6. The summed E-state index contributed by atoms with van der Waals surface area (Å²) in [6.07, 6.45) is 3.07. The fraction of sp³-hybridized carbons (Fsp3) is 0.450. The van der Waals surface area contributed by atoms with Gasteiger partial charge < -0.3 is 10.6 Å². The van der Waals surface area contributed by atoms with Gasteiger partial charge in [-0.25, -0.2) is 9.97 Å². The van der Waals surface area contributed by atoms with Gasteiger partial charge in [0.1, 0.15) is 0 Å². The number of rotatable bonds is 6. The van der Waals surface area contributed by atoms with Crippen LogP contribution in [0.1, 0.15) is 34.8 Å². The summed E-state index contributed by atoms with van der Waals surface area (Å²) >= 11 is 0.